The Morgan fingerprint density at radius 1 is 1.50 bits per heavy atom. The summed E-state index contributed by atoms with van der Waals surface area (Å²) in [5.74, 6) is 0.371. The summed E-state index contributed by atoms with van der Waals surface area (Å²) in [6.07, 6.45) is 0. The van der Waals surface area contributed by atoms with E-state index in [0.29, 0.717) is 11.6 Å². The molecular weight excluding hydrogens is 179 g/mol. The van der Waals surface area contributed by atoms with Gasteiger partial charge < -0.3 is 10.2 Å². The van der Waals surface area contributed by atoms with Gasteiger partial charge in [0.2, 0.25) is 0 Å². The Balaban J connectivity index is 2.43. The SMILES string of the molecule is CC1CNc2c(F)cccc2N(C)C1. The molecule has 1 aliphatic heterocycles. The molecule has 0 fully saturated rings. The molecule has 2 rings (SSSR count). The van der Waals surface area contributed by atoms with E-state index in [9.17, 15) is 4.39 Å². The van der Waals surface area contributed by atoms with Gasteiger partial charge >= 0.3 is 0 Å². The Kier molecular flexibility index (Phi) is 2.32. The maximum Gasteiger partial charge on any atom is 0.148 e. The van der Waals surface area contributed by atoms with E-state index in [1.807, 2.05) is 13.1 Å². The van der Waals surface area contributed by atoms with Crippen molar-refractivity contribution in [3.8, 4) is 0 Å². The third-order valence-corrected chi connectivity index (χ3v) is 2.62. The van der Waals surface area contributed by atoms with Crippen molar-refractivity contribution >= 4 is 11.4 Å². The molecule has 1 atom stereocenters. The van der Waals surface area contributed by atoms with Crippen LogP contribution in [0.5, 0.6) is 0 Å². The molecule has 3 heteroatoms. The number of nitrogens with one attached hydrogen (secondary N) is 1. The molecule has 1 aromatic rings. The molecule has 1 unspecified atom stereocenters. The molecule has 0 radical (unpaired) electrons. The molecule has 1 heterocycles. The van der Waals surface area contributed by atoms with Gasteiger partial charge in [0.15, 0.2) is 0 Å². The third-order valence-electron chi connectivity index (χ3n) is 2.62. The first kappa shape index (κ1) is 9.31. The lowest BCUT2D eigenvalue weighted by atomic mass is 10.2. The smallest absolute Gasteiger partial charge is 0.148 e. The molecular formula is C11H15FN2. The molecule has 0 saturated heterocycles. The van der Waals surface area contributed by atoms with Gasteiger partial charge in [0.25, 0.3) is 0 Å². The number of halogens is 1. The van der Waals surface area contributed by atoms with Gasteiger partial charge in [-0.1, -0.05) is 13.0 Å². The van der Waals surface area contributed by atoms with Crippen molar-refractivity contribution in [3.05, 3.63) is 24.0 Å². The highest BCUT2D eigenvalue weighted by Gasteiger charge is 2.18. The van der Waals surface area contributed by atoms with Crippen LogP contribution in [0, 0.1) is 11.7 Å². The lowest BCUT2D eigenvalue weighted by Gasteiger charge is -2.20. The summed E-state index contributed by atoms with van der Waals surface area (Å²) >= 11 is 0. The molecule has 14 heavy (non-hydrogen) atoms. The van der Waals surface area contributed by atoms with E-state index in [4.69, 9.17) is 0 Å². The van der Waals surface area contributed by atoms with Crippen molar-refractivity contribution in [1.82, 2.24) is 0 Å². The fourth-order valence-electron chi connectivity index (χ4n) is 1.91. The number of fused-ring (bicyclic) bond motifs is 1. The molecule has 1 aliphatic rings. The maximum absolute atomic E-state index is 13.5. The van der Waals surface area contributed by atoms with Crippen molar-refractivity contribution in [3.63, 3.8) is 0 Å². The zero-order valence-electron chi connectivity index (χ0n) is 8.55. The highest BCUT2D eigenvalue weighted by atomic mass is 19.1. The van der Waals surface area contributed by atoms with Crippen molar-refractivity contribution < 1.29 is 4.39 Å². The Labute approximate surface area is 83.7 Å². The van der Waals surface area contributed by atoms with E-state index in [2.05, 4.69) is 17.1 Å². The van der Waals surface area contributed by atoms with Crippen LogP contribution in [0.15, 0.2) is 18.2 Å². The van der Waals surface area contributed by atoms with Gasteiger partial charge in [0.05, 0.1) is 11.4 Å². The maximum atomic E-state index is 13.5. The number of hydrogen-bond acceptors (Lipinski definition) is 2. The van der Waals surface area contributed by atoms with Gasteiger partial charge in [-0.15, -0.1) is 0 Å². The van der Waals surface area contributed by atoms with Gasteiger partial charge in [-0.05, 0) is 18.1 Å². The minimum Gasteiger partial charge on any atom is -0.381 e. The summed E-state index contributed by atoms with van der Waals surface area (Å²) in [4.78, 5) is 2.10. The van der Waals surface area contributed by atoms with E-state index >= 15 is 0 Å². The summed E-state index contributed by atoms with van der Waals surface area (Å²) in [7, 11) is 2.00. The monoisotopic (exact) mass is 194 g/mol. The molecule has 2 nitrogen and oxygen atoms in total. The first-order valence-corrected chi connectivity index (χ1v) is 4.92. The summed E-state index contributed by atoms with van der Waals surface area (Å²) in [6.45, 7) is 3.95. The second-order valence-corrected chi connectivity index (χ2v) is 4.00. The Hall–Kier alpha value is -1.25. The molecule has 1 N–H and O–H groups in total. The first-order valence-electron chi connectivity index (χ1n) is 4.92. The Morgan fingerprint density at radius 3 is 3.07 bits per heavy atom. The van der Waals surface area contributed by atoms with Crippen LogP contribution in [-0.2, 0) is 0 Å². The average molecular weight is 194 g/mol. The Morgan fingerprint density at radius 2 is 2.29 bits per heavy atom. The van der Waals surface area contributed by atoms with Crippen molar-refractivity contribution in [2.24, 2.45) is 5.92 Å². The molecule has 0 aliphatic carbocycles. The van der Waals surface area contributed by atoms with Crippen LogP contribution in [-0.4, -0.2) is 20.1 Å². The number of nitrogens with zero attached hydrogens (tertiary/aromatic N) is 1. The molecule has 1 aromatic carbocycles. The van der Waals surface area contributed by atoms with Gasteiger partial charge in [-0.3, -0.25) is 0 Å². The highest BCUT2D eigenvalue weighted by molar-refractivity contribution is 5.71. The first-order chi connectivity index (χ1) is 6.68. The largest absolute Gasteiger partial charge is 0.381 e. The average Bonchev–Trinajstić information content (AvgIpc) is 2.28. The van der Waals surface area contributed by atoms with Gasteiger partial charge in [-0.25, -0.2) is 4.39 Å². The highest BCUT2D eigenvalue weighted by Crippen LogP contribution is 2.30. The second kappa shape index (κ2) is 3.48. The van der Waals surface area contributed by atoms with Crippen LogP contribution < -0.4 is 10.2 Å². The molecule has 0 amide bonds. The van der Waals surface area contributed by atoms with Gasteiger partial charge in [-0.2, -0.15) is 0 Å². The summed E-state index contributed by atoms with van der Waals surface area (Å²) in [6, 6.07) is 5.20. The summed E-state index contributed by atoms with van der Waals surface area (Å²) in [5.41, 5.74) is 1.59. The van der Waals surface area contributed by atoms with Crippen molar-refractivity contribution in [2.75, 3.05) is 30.4 Å². The normalized spacial score (nSPS) is 21.1. The predicted octanol–water partition coefficient (Wildman–Crippen LogP) is 2.32. The number of anilines is 2. The summed E-state index contributed by atoms with van der Waals surface area (Å²) < 4.78 is 13.5. The van der Waals surface area contributed by atoms with Crippen LogP contribution in [0.3, 0.4) is 0 Å². The predicted molar refractivity (Wildman–Crippen MR) is 57.3 cm³/mol. The van der Waals surface area contributed by atoms with Crippen LogP contribution in [0.4, 0.5) is 15.8 Å². The van der Waals surface area contributed by atoms with Crippen molar-refractivity contribution in [1.29, 1.82) is 0 Å². The number of hydrogen-bond donors (Lipinski definition) is 1. The van der Waals surface area contributed by atoms with E-state index in [-0.39, 0.29) is 5.82 Å². The minimum atomic E-state index is -0.163. The molecule has 76 valence electrons. The zero-order valence-corrected chi connectivity index (χ0v) is 8.55. The number of para-hydroxylation sites is 1. The second-order valence-electron chi connectivity index (χ2n) is 4.00. The van der Waals surface area contributed by atoms with Gasteiger partial charge in [0.1, 0.15) is 5.82 Å². The fourth-order valence-corrected chi connectivity index (χ4v) is 1.91. The quantitative estimate of drug-likeness (QED) is 0.682. The van der Waals surface area contributed by atoms with Crippen LogP contribution in [0.25, 0.3) is 0 Å². The number of benzene rings is 1. The third kappa shape index (κ3) is 1.54. The number of rotatable bonds is 0. The molecule has 0 saturated carbocycles. The zero-order chi connectivity index (χ0) is 10.1. The molecule has 0 spiro atoms. The van der Waals surface area contributed by atoms with Crippen LogP contribution in [0.1, 0.15) is 6.92 Å². The lowest BCUT2D eigenvalue weighted by molar-refractivity contribution is 0.614. The topological polar surface area (TPSA) is 15.3 Å². The van der Waals surface area contributed by atoms with Gasteiger partial charge in [0, 0.05) is 20.1 Å². The fraction of sp³-hybridized carbons (Fsp3) is 0.455. The van der Waals surface area contributed by atoms with Crippen LogP contribution in [0.2, 0.25) is 0 Å². The standard InChI is InChI=1S/C11H15FN2/c1-8-6-13-11-9(12)4-3-5-10(11)14(2)7-8/h3-5,8,13H,6-7H2,1-2H3. The van der Waals surface area contributed by atoms with E-state index in [1.165, 1.54) is 6.07 Å². The Bertz CT molecular complexity index is 338. The summed E-state index contributed by atoms with van der Waals surface area (Å²) in [5, 5.41) is 3.16. The van der Waals surface area contributed by atoms with Crippen LogP contribution >= 0.6 is 0 Å². The molecule has 0 bridgehead atoms. The lowest BCUT2D eigenvalue weighted by Crippen LogP contribution is -2.23. The van der Waals surface area contributed by atoms with Crippen molar-refractivity contribution in [2.45, 2.75) is 6.92 Å². The van der Waals surface area contributed by atoms with E-state index in [1.54, 1.807) is 6.07 Å². The molecule has 0 aromatic heterocycles. The minimum absolute atomic E-state index is 0.163. The van der Waals surface area contributed by atoms with E-state index < -0.39 is 0 Å². The van der Waals surface area contributed by atoms with E-state index in [0.717, 1.165) is 18.8 Å².